The van der Waals surface area contributed by atoms with Crippen LogP contribution >= 0.6 is 23.2 Å². The van der Waals surface area contributed by atoms with Crippen molar-refractivity contribution in [2.24, 2.45) is 0 Å². The van der Waals surface area contributed by atoms with Gasteiger partial charge in [-0.1, -0.05) is 66.4 Å². The molecule has 0 aromatic heterocycles. The molecular weight excluding hydrogens is 585 g/mol. The first kappa shape index (κ1) is 32.2. The van der Waals surface area contributed by atoms with Crippen molar-refractivity contribution in [1.29, 1.82) is 0 Å². The van der Waals surface area contributed by atoms with Gasteiger partial charge in [0.2, 0.25) is 11.8 Å². The van der Waals surface area contributed by atoms with E-state index in [1.165, 1.54) is 42.3 Å². The molecule has 1 atom stereocenters. The molecule has 11 heteroatoms. The van der Waals surface area contributed by atoms with Crippen molar-refractivity contribution in [1.82, 2.24) is 10.2 Å². The summed E-state index contributed by atoms with van der Waals surface area (Å²) in [5.41, 5.74) is 1.72. The highest BCUT2D eigenvalue weighted by molar-refractivity contribution is 7.92. The fourth-order valence-electron chi connectivity index (χ4n) is 4.14. The highest BCUT2D eigenvalue weighted by Crippen LogP contribution is 2.30. The van der Waals surface area contributed by atoms with Crippen LogP contribution in [0.3, 0.4) is 0 Å². The maximum Gasteiger partial charge on any atom is 0.264 e. The number of sulfonamides is 1. The van der Waals surface area contributed by atoms with Crippen molar-refractivity contribution in [2.45, 2.75) is 51.1 Å². The molecule has 3 aromatic rings. The molecule has 0 heterocycles. The van der Waals surface area contributed by atoms with Gasteiger partial charge in [0, 0.05) is 23.1 Å². The molecule has 1 unspecified atom stereocenters. The lowest BCUT2D eigenvalue weighted by Gasteiger charge is -2.32. The van der Waals surface area contributed by atoms with Gasteiger partial charge < -0.3 is 15.0 Å². The number of benzene rings is 3. The van der Waals surface area contributed by atoms with E-state index < -0.39 is 28.5 Å². The lowest BCUT2D eigenvalue weighted by Crippen LogP contribution is -2.51. The number of nitrogens with zero attached hydrogens (tertiary/aromatic N) is 2. The Labute approximate surface area is 252 Å². The first-order valence-electron chi connectivity index (χ1n) is 13.2. The fourth-order valence-corrected chi connectivity index (χ4v) is 6.05. The van der Waals surface area contributed by atoms with Gasteiger partial charge in [-0.3, -0.25) is 13.9 Å². The molecule has 41 heavy (non-hydrogen) atoms. The number of amides is 2. The highest BCUT2D eigenvalue weighted by Gasteiger charge is 2.33. The molecule has 0 fully saturated rings. The van der Waals surface area contributed by atoms with Gasteiger partial charge in [-0.05, 0) is 68.3 Å². The van der Waals surface area contributed by atoms with Gasteiger partial charge in [0.1, 0.15) is 18.3 Å². The van der Waals surface area contributed by atoms with Crippen molar-refractivity contribution in [3.63, 3.8) is 0 Å². The summed E-state index contributed by atoms with van der Waals surface area (Å²) >= 11 is 12.5. The topological polar surface area (TPSA) is 96.0 Å². The third-order valence-corrected chi connectivity index (χ3v) is 8.73. The van der Waals surface area contributed by atoms with E-state index in [0.717, 1.165) is 22.7 Å². The largest absolute Gasteiger partial charge is 0.497 e. The number of hydrogen-bond donors (Lipinski definition) is 1. The number of unbranched alkanes of at least 4 members (excludes halogenated alkanes) is 1. The summed E-state index contributed by atoms with van der Waals surface area (Å²) in [6.07, 6.45) is 1.69. The number of anilines is 1. The monoisotopic (exact) mass is 619 g/mol. The third-order valence-electron chi connectivity index (χ3n) is 6.51. The Morgan fingerprint density at radius 1 is 1.00 bits per heavy atom. The number of hydrogen-bond acceptors (Lipinski definition) is 5. The van der Waals surface area contributed by atoms with Crippen LogP contribution in [0.5, 0.6) is 5.75 Å². The van der Waals surface area contributed by atoms with Crippen LogP contribution in [0.1, 0.15) is 37.8 Å². The number of nitrogens with one attached hydrogen (secondary N) is 1. The van der Waals surface area contributed by atoms with Crippen LogP contribution in [0.15, 0.2) is 71.6 Å². The zero-order chi connectivity index (χ0) is 30.2. The van der Waals surface area contributed by atoms with Crippen molar-refractivity contribution in [3.05, 3.63) is 87.9 Å². The number of ether oxygens (including phenoxy) is 1. The molecule has 0 aliphatic rings. The molecule has 3 aromatic carbocycles. The second kappa shape index (κ2) is 14.6. The van der Waals surface area contributed by atoms with E-state index in [2.05, 4.69) is 5.32 Å². The second-order valence-corrected chi connectivity index (χ2v) is 12.4. The molecule has 0 aliphatic heterocycles. The summed E-state index contributed by atoms with van der Waals surface area (Å²) in [5.74, 6) is -0.335. The van der Waals surface area contributed by atoms with E-state index >= 15 is 0 Å². The summed E-state index contributed by atoms with van der Waals surface area (Å²) in [5, 5.41) is 3.28. The summed E-state index contributed by atoms with van der Waals surface area (Å²) in [7, 11) is -2.69. The van der Waals surface area contributed by atoms with E-state index in [1.807, 2.05) is 19.9 Å². The maximum atomic E-state index is 14.0. The van der Waals surface area contributed by atoms with Crippen LogP contribution < -0.4 is 14.4 Å². The van der Waals surface area contributed by atoms with Gasteiger partial charge in [-0.2, -0.15) is 0 Å². The van der Waals surface area contributed by atoms with Gasteiger partial charge in [-0.15, -0.1) is 0 Å². The quantitative estimate of drug-likeness (QED) is 0.243. The summed E-state index contributed by atoms with van der Waals surface area (Å²) in [4.78, 5) is 28.4. The Morgan fingerprint density at radius 2 is 1.66 bits per heavy atom. The Kier molecular flexibility index (Phi) is 11.5. The van der Waals surface area contributed by atoms with Crippen molar-refractivity contribution in [2.75, 3.05) is 24.5 Å². The Hall–Kier alpha value is -3.27. The molecule has 220 valence electrons. The SMILES string of the molecule is CCCCNC(=O)C(C)N(Cc1cccc(OC)c1)C(=O)CN(c1cc(Cl)cc(Cl)c1)S(=O)(=O)c1ccc(C)cc1. The predicted octanol–water partition coefficient (Wildman–Crippen LogP) is 5.84. The molecule has 0 saturated carbocycles. The van der Waals surface area contributed by atoms with Gasteiger partial charge in [0.25, 0.3) is 10.0 Å². The Morgan fingerprint density at radius 3 is 2.27 bits per heavy atom. The number of carbonyl (C=O) groups is 2. The minimum Gasteiger partial charge on any atom is -0.497 e. The van der Waals surface area contributed by atoms with Gasteiger partial charge in [0.05, 0.1) is 17.7 Å². The van der Waals surface area contributed by atoms with Crippen LogP contribution in [0.4, 0.5) is 5.69 Å². The zero-order valence-corrected chi connectivity index (χ0v) is 25.9. The zero-order valence-electron chi connectivity index (χ0n) is 23.6. The van der Waals surface area contributed by atoms with Gasteiger partial charge in [0.15, 0.2) is 0 Å². The summed E-state index contributed by atoms with van der Waals surface area (Å²) in [6, 6.07) is 16.9. The fraction of sp³-hybridized carbons (Fsp3) is 0.333. The van der Waals surface area contributed by atoms with Crippen LogP contribution in [-0.4, -0.2) is 51.4 Å². The highest BCUT2D eigenvalue weighted by atomic mass is 35.5. The lowest BCUT2D eigenvalue weighted by atomic mass is 10.1. The molecule has 0 radical (unpaired) electrons. The summed E-state index contributed by atoms with van der Waals surface area (Å²) < 4.78 is 34.1. The van der Waals surface area contributed by atoms with Gasteiger partial charge in [-0.25, -0.2) is 8.42 Å². The molecular formula is C30H35Cl2N3O5S. The van der Waals surface area contributed by atoms with E-state index in [1.54, 1.807) is 37.3 Å². The number of rotatable bonds is 13. The molecule has 0 bridgehead atoms. The molecule has 0 saturated heterocycles. The first-order valence-corrected chi connectivity index (χ1v) is 15.4. The van der Waals surface area contributed by atoms with Crippen LogP contribution in [-0.2, 0) is 26.2 Å². The van der Waals surface area contributed by atoms with Crippen molar-refractivity contribution in [3.8, 4) is 5.75 Å². The molecule has 0 spiro atoms. The van der Waals surface area contributed by atoms with Crippen molar-refractivity contribution < 1.29 is 22.7 Å². The summed E-state index contributed by atoms with van der Waals surface area (Å²) in [6.45, 7) is 5.40. The number of carbonyl (C=O) groups excluding carboxylic acids is 2. The van der Waals surface area contributed by atoms with Crippen LogP contribution in [0.25, 0.3) is 0 Å². The Balaban J connectivity index is 2.04. The Bertz CT molecular complexity index is 1440. The number of halogens is 2. The van der Waals surface area contributed by atoms with E-state index in [0.29, 0.717) is 17.9 Å². The maximum absolute atomic E-state index is 14.0. The standard InChI is InChI=1S/C30H35Cl2N3O5S/c1-5-6-14-33-30(37)22(3)34(19-23-8-7-9-27(15-23)40-4)29(36)20-35(26-17-24(31)16-25(32)18-26)41(38,39)28-12-10-21(2)11-13-28/h7-13,15-18,22H,5-6,14,19-20H2,1-4H3,(H,33,37). The van der Waals surface area contributed by atoms with Crippen molar-refractivity contribution >= 4 is 50.7 Å². The number of methoxy groups -OCH3 is 1. The lowest BCUT2D eigenvalue weighted by molar-refractivity contribution is -0.139. The number of aryl methyl sites for hydroxylation is 1. The first-order chi connectivity index (χ1) is 19.5. The van der Waals surface area contributed by atoms with E-state index in [4.69, 9.17) is 27.9 Å². The molecule has 3 rings (SSSR count). The third kappa shape index (κ3) is 8.61. The average molecular weight is 621 g/mol. The molecule has 1 N–H and O–H groups in total. The normalized spacial score (nSPS) is 12.0. The van der Waals surface area contributed by atoms with E-state index in [-0.39, 0.29) is 33.1 Å². The smallest absolute Gasteiger partial charge is 0.264 e. The minimum atomic E-state index is -4.23. The predicted molar refractivity (Wildman–Crippen MR) is 163 cm³/mol. The van der Waals surface area contributed by atoms with Crippen LogP contribution in [0, 0.1) is 6.92 Å². The molecule has 8 nitrogen and oxygen atoms in total. The van der Waals surface area contributed by atoms with E-state index in [9.17, 15) is 18.0 Å². The molecule has 2 amide bonds. The minimum absolute atomic E-state index is 0.00305. The second-order valence-electron chi connectivity index (χ2n) is 9.65. The van der Waals surface area contributed by atoms with Crippen LogP contribution in [0.2, 0.25) is 10.0 Å². The average Bonchev–Trinajstić information content (AvgIpc) is 2.93. The van der Waals surface area contributed by atoms with Gasteiger partial charge >= 0.3 is 0 Å². The molecule has 0 aliphatic carbocycles.